The molecule has 1 aliphatic rings. The Labute approximate surface area is 206 Å². The van der Waals surface area contributed by atoms with Gasteiger partial charge in [0.05, 0.1) is 17.3 Å². The molecule has 3 heterocycles. The zero-order valence-corrected chi connectivity index (χ0v) is 19.2. The van der Waals surface area contributed by atoms with Gasteiger partial charge in [-0.15, -0.1) is 10.2 Å². The number of aromatic nitrogens is 3. The molecule has 1 atom stereocenters. The number of rotatable bonds is 5. The highest BCUT2D eigenvalue weighted by molar-refractivity contribution is 6.05. The topological polar surface area (TPSA) is 89.2 Å². The van der Waals surface area contributed by atoms with E-state index in [2.05, 4.69) is 34.5 Å². The van der Waals surface area contributed by atoms with Crippen LogP contribution in [0.4, 0.5) is 0 Å². The summed E-state index contributed by atoms with van der Waals surface area (Å²) in [6, 6.07) is 27.0. The minimum atomic E-state index is -0.604. The monoisotopic (exact) mass is 475 g/mol. The maximum absolute atomic E-state index is 13.2. The average Bonchev–Trinajstić information content (AvgIpc) is 3.59. The van der Waals surface area contributed by atoms with Gasteiger partial charge in [-0.1, -0.05) is 66.7 Å². The van der Waals surface area contributed by atoms with Crippen LogP contribution in [0, 0.1) is 0 Å². The van der Waals surface area contributed by atoms with Gasteiger partial charge in [-0.3, -0.25) is 9.20 Å². The Balaban J connectivity index is 1.24. The van der Waals surface area contributed by atoms with E-state index in [1.165, 1.54) is 11.3 Å². The van der Waals surface area contributed by atoms with Crippen molar-refractivity contribution in [1.29, 1.82) is 0 Å². The van der Waals surface area contributed by atoms with E-state index < -0.39 is 18.5 Å². The SMILES string of the molecule is O=C(OCC(=O)N1N=C(c2ccc3ccccc3c2)CC1c1ccccc1)c1ccc2nncn2c1. The molecular weight excluding hydrogens is 454 g/mol. The van der Waals surface area contributed by atoms with Crippen LogP contribution in [0.2, 0.25) is 0 Å². The minimum Gasteiger partial charge on any atom is -0.452 e. The molecule has 2 aromatic heterocycles. The second-order valence-corrected chi connectivity index (χ2v) is 8.57. The number of hydrogen-bond donors (Lipinski definition) is 0. The third kappa shape index (κ3) is 4.09. The molecule has 8 heteroatoms. The summed E-state index contributed by atoms with van der Waals surface area (Å²) in [5.41, 5.74) is 3.66. The first-order chi connectivity index (χ1) is 17.7. The zero-order chi connectivity index (χ0) is 24.5. The summed E-state index contributed by atoms with van der Waals surface area (Å²) in [7, 11) is 0. The van der Waals surface area contributed by atoms with E-state index in [4.69, 9.17) is 9.84 Å². The zero-order valence-electron chi connectivity index (χ0n) is 19.2. The van der Waals surface area contributed by atoms with Crippen LogP contribution < -0.4 is 0 Å². The maximum Gasteiger partial charge on any atom is 0.340 e. The van der Waals surface area contributed by atoms with Crippen LogP contribution in [0.3, 0.4) is 0 Å². The third-order valence-corrected chi connectivity index (χ3v) is 6.29. The Morgan fingerprint density at radius 1 is 0.917 bits per heavy atom. The highest BCUT2D eigenvalue weighted by Crippen LogP contribution is 2.33. The fourth-order valence-electron chi connectivity index (χ4n) is 4.44. The molecule has 6 rings (SSSR count). The number of nitrogens with zero attached hydrogens (tertiary/aromatic N) is 5. The molecule has 1 aliphatic heterocycles. The Bertz CT molecular complexity index is 1630. The van der Waals surface area contributed by atoms with Crippen molar-refractivity contribution in [2.75, 3.05) is 6.61 Å². The molecule has 0 saturated heterocycles. The summed E-state index contributed by atoms with van der Waals surface area (Å²) >= 11 is 0. The summed E-state index contributed by atoms with van der Waals surface area (Å²) < 4.78 is 6.97. The Hall–Kier alpha value is -4.85. The molecule has 0 fully saturated rings. The lowest BCUT2D eigenvalue weighted by atomic mass is 9.97. The van der Waals surface area contributed by atoms with Crippen molar-refractivity contribution in [3.63, 3.8) is 0 Å². The van der Waals surface area contributed by atoms with Gasteiger partial charge in [-0.05, 0) is 40.1 Å². The van der Waals surface area contributed by atoms with Gasteiger partial charge in [0.2, 0.25) is 0 Å². The van der Waals surface area contributed by atoms with Crippen LogP contribution in [0.1, 0.15) is 33.9 Å². The summed E-state index contributed by atoms with van der Waals surface area (Å²) in [5.74, 6) is -0.994. The first-order valence-corrected chi connectivity index (χ1v) is 11.6. The van der Waals surface area contributed by atoms with Gasteiger partial charge < -0.3 is 4.74 Å². The van der Waals surface area contributed by atoms with Gasteiger partial charge in [-0.25, -0.2) is 9.80 Å². The second-order valence-electron chi connectivity index (χ2n) is 8.57. The quantitative estimate of drug-likeness (QED) is 0.351. The molecule has 8 nitrogen and oxygen atoms in total. The van der Waals surface area contributed by atoms with E-state index in [1.54, 1.807) is 22.7 Å². The molecule has 0 radical (unpaired) electrons. The standard InChI is InChI=1S/C28H21N5O3/c34-27(17-36-28(35)23-12-13-26-30-29-18-32(26)16-23)33-25(20-7-2-1-3-8-20)15-24(31-33)22-11-10-19-6-4-5-9-21(19)14-22/h1-14,16,18,25H,15,17H2. The fraction of sp³-hybridized carbons (Fsp3) is 0.107. The lowest BCUT2D eigenvalue weighted by Gasteiger charge is -2.21. The van der Waals surface area contributed by atoms with E-state index in [0.717, 1.165) is 27.6 Å². The number of pyridine rings is 1. The minimum absolute atomic E-state index is 0.285. The number of fused-ring (bicyclic) bond motifs is 2. The van der Waals surface area contributed by atoms with Crippen molar-refractivity contribution in [2.24, 2.45) is 5.10 Å². The molecule has 1 unspecified atom stereocenters. The predicted octanol–water partition coefficient (Wildman–Crippen LogP) is 4.42. The lowest BCUT2D eigenvalue weighted by molar-refractivity contribution is -0.136. The van der Waals surface area contributed by atoms with Crippen molar-refractivity contribution in [1.82, 2.24) is 19.6 Å². The first-order valence-electron chi connectivity index (χ1n) is 11.6. The largest absolute Gasteiger partial charge is 0.452 e. The fourth-order valence-corrected chi connectivity index (χ4v) is 4.44. The highest BCUT2D eigenvalue weighted by Gasteiger charge is 2.33. The Morgan fingerprint density at radius 3 is 2.58 bits per heavy atom. The highest BCUT2D eigenvalue weighted by atomic mass is 16.5. The van der Waals surface area contributed by atoms with Gasteiger partial charge in [0, 0.05) is 12.6 Å². The van der Waals surface area contributed by atoms with Gasteiger partial charge in [0.25, 0.3) is 5.91 Å². The van der Waals surface area contributed by atoms with Crippen molar-refractivity contribution in [2.45, 2.75) is 12.5 Å². The third-order valence-electron chi connectivity index (χ3n) is 6.29. The van der Waals surface area contributed by atoms with E-state index in [0.29, 0.717) is 17.6 Å². The van der Waals surface area contributed by atoms with Gasteiger partial charge >= 0.3 is 5.97 Å². The van der Waals surface area contributed by atoms with E-state index in [9.17, 15) is 9.59 Å². The van der Waals surface area contributed by atoms with Gasteiger partial charge in [0.15, 0.2) is 12.3 Å². The molecule has 0 aliphatic carbocycles. The number of amides is 1. The molecule has 0 N–H and O–H groups in total. The lowest BCUT2D eigenvalue weighted by Crippen LogP contribution is -2.31. The number of ether oxygens (including phenoxy) is 1. The van der Waals surface area contributed by atoms with Crippen LogP contribution >= 0.6 is 0 Å². The van der Waals surface area contributed by atoms with E-state index in [-0.39, 0.29) is 6.04 Å². The van der Waals surface area contributed by atoms with Crippen molar-refractivity contribution in [3.8, 4) is 0 Å². The number of hydrogen-bond acceptors (Lipinski definition) is 6. The summed E-state index contributed by atoms with van der Waals surface area (Å²) in [4.78, 5) is 25.8. The summed E-state index contributed by atoms with van der Waals surface area (Å²) in [5, 5.41) is 16.1. The molecule has 1 amide bonds. The summed E-state index contributed by atoms with van der Waals surface area (Å²) in [6.07, 6.45) is 3.63. The molecule has 5 aromatic rings. The molecule has 0 bridgehead atoms. The number of carbonyl (C=O) groups is 2. The molecule has 0 spiro atoms. The van der Waals surface area contributed by atoms with E-state index in [1.807, 2.05) is 48.5 Å². The molecule has 36 heavy (non-hydrogen) atoms. The smallest absolute Gasteiger partial charge is 0.340 e. The molecule has 3 aromatic carbocycles. The maximum atomic E-state index is 13.2. The van der Waals surface area contributed by atoms with Crippen molar-refractivity contribution in [3.05, 3.63) is 114 Å². The first kappa shape index (κ1) is 21.7. The molecular formula is C28H21N5O3. The van der Waals surface area contributed by atoms with Crippen molar-refractivity contribution >= 4 is 34.0 Å². The molecule has 176 valence electrons. The number of carbonyl (C=O) groups excluding carboxylic acids is 2. The number of hydrazone groups is 1. The van der Waals surface area contributed by atoms with Gasteiger partial charge in [0.1, 0.15) is 6.33 Å². The van der Waals surface area contributed by atoms with Crippen LogP contribution in [0.5, 0.6) is 0 Å². The average molecular weight is 476 g/mol. The van der Waals surface area contributed by atoms with Crippen LogP contribution in [-0.4, -0.2) is 43.8 Å². The summed E-state index contributed by atoms with van der Waals surface area (Å²) in [6.45, 7) is -0.420. The normalized spacial score (nSPS) is 15.3. The number of benzene rings is 3. The Morgan fingerprint density at radius 2 is 1.72 bits per heavy atom. The van der Waals surface area contributed by atoms with E-state index >= 15 is 0 Å². The van der Waals surface area contributed by atoms with Crippen LogP contribution in [0.25, 0.3) is 16.4 Å². The predicted molar refractivity (Wildman–Crippen MR) is 134 cm³/mol. The van der Waals surface area contributed by atoms with Gasteiger partial charge in [-0.2, -0.15) is 5.10 Å². The van der Waals surface area contributed by atoms with Crippen molar-refractivity contribution < 1.29 is 14.3 Å². The van der Waals surface area contributed by atoms with Crippen LogP contribution in [-0.2, 0) is 9.53 Å². The van der Waals surface area contributed by atoms with Crippen LogP contribution in [0.15, 0.2) is 103 Å². The Kier molecular flexibility index (Phi) is 5.46. The second kappa shape index (κ2) is 9.07. The number of esters is 1. The molecule has 0 saturated carbocycles.